The van der Waals surface area contributed by atoms with Gasteiger partial charge >= 0.3 is 0 Å². The molecule has 0 heterocycles. The molecule has 3 aliphatic rings. The molecule has 0 bridgehead atoms. The summed E-state index contributed by atoms with van der Waals surface area (Å²) < 4.78 is 0. The predicted octanol–water partition coefficient (Wildman–Crippen LogP) is 7.87. The molecule has 3 rings (SSSR count). The molecule has 2 saturated carbocycles. The van der Waals surface area contributed by atoms with Crippen LogP contribution in [0.5, 0.6) is 0 Å². The van der Waals surface area contributed by atoms with Crippen LogP contribution in [0.2, 0.25) is 0 Å². The second-order valence-corrected chi connectivity index (χ2v) is 11.2. The van der Waals surface area contributed by atoms with Gasteiger partial charge in [-0.1, -0.05) is 69.6 Å². The maximum absolute atomic E-state index is 10.1. The molecule has 0 amide bonds. The van der Waals surface area contributed by atoms with E-state index >= 15 is 0 Å². The molecule has 2 fully saturated rings. The molecule has 164 valence electrons. The summed E-state index contributed by atoms with van der Waals surface area (Å²) in [5.41, 5.74) is 5.27. The van der Waals surface area contributed by atoms with Gasteiger partial charge < -0.3 is 5.11 Å². The minimum atomic E-state index is -0.111. The smallest absolute Gasteiger partial charge is 0.0580 e. The Hall–Kier alpha value is -0.820. The first-order valence-corrected chi connectivity index (χ1v) is 12.4. The molecule has 0 aromatic rings. The summed E-state index contributed by atoms with van der Waals surface area (Å²) in [5.74, 6) is 3.69. The molecule has 3 aliphatic carbocycles. The highest BCUT2D eigenvalue weighted by molar-refractivity contribution is 5.25. The molecule has 0 radical (unpaired) electrons. The fourth-order valence-electron chi connectivity index (χ4n) is 6.53. The molecule has 0 aromatic carbocycles. The van der Waals surface area contributed by atoms with Crippen LogP contribution in [-0.2, 0) is 0 Å². The molecular formula is C28H46O. The van der Waals surface area contributed by atoms with E-state index in [1.54, 1.807) is 5.57 Å². The molecule has 0 aliphatic heterocycles. The second-order valence-electron chi connectivity index (χ2n) is 11.2. The van der Waals surface area contributed by atoms with Crippen LogP contribution in [-0.4, -0.2) is 11.2 Å². The Balaban J connectivity index is 1.71. The Morgan fingerprint density at radius 1 is 1.07 bits per heavy atom. The van der Waals surface area contributed by atoms with E-state index in [1.165, 1.54) is 43.3 Å². The third kappa shape index (κ3) is 5.09. The third-order valence-corrected chi connectivity index (χ3v) is 8.99. The van der Waals surface area contributed by atoms with Gasteiger partial charge in [0.25, 0.3) is 0 Å². The molecule has 29 heavy (non-hydrogen) atoms. The van der Waals surface area contributed by atoms with Gasteiger partial charge in [0.1, 0.15) is 0 Å². The van der Waals surface area contributed by atoms with E-state index in [9.17, 15) is 5.11 Å². The SMILES string of the molecule is CC1=C(CC=C2CCC[C@]3(C)[C@@H]([C@H](C)/C=C/[C@H](C)C(C)C)CC[C@@H]23)C[C@@H](O)CC1. The van der Waals surface area contributed by atoms with Crippen molar-refractivity contribution in [3.63, 3.8) is 0 Å². The molecule has 1 nitrogen and oxygen atoms in total. The van der Waals surface area contributed by atoms with Gasteiger partial charge in [0.15, 0.2) is 0 Å². The van der Waals surface area contributed by atoms with Crippen LogP contribution in [0, 0.1) is 35.0 Å². The zero-order chi connectivity index (χ0) is 21.2. The lowest BCUT2D eigenvalue weighted by atomic mass is 9.61. The number of aliphatic hydroxyl groups is 1. The van der Waals surface area contributed by atoms with Crippen molar-refractivity contribution in [2.75, 3.05) is 0 Å². The van der Waals surface area contributed by atoms with Crippen LogP contribution in [0.3, 0.4) is 0 Å². The van der Waals surface area contributed by atoms with Crippen LogP contribution < -0.4 is 0 Å². The lowest BCUT2D eigenvalue weighted by Gasteiger charge is -2.44. The van der Waals surface area contributed by atoms with Crippen molar-refractivity contribution in [1.29, 1.82) is 0 Å². The van der Waals surface area contributed by atoms with Crippen LogP contribution >= 0.6 is 0 Å². The second kappa shape index (κ2) is 9.54. The Labute approximate surface area is 180 Å². The van der Waals surface area contributed by atoms with Crippen molar-refractivity contribution in [3.8, 4) is 0 Å². The van der Waals surface area contributed by atoms with Crippen molar-refractivity contribution in [3.05, 3.63) is 34.9 Å². The van der Waals surface area contributed by atoms with Gasteiger partial charge in [-0.2, -0.15) is 0 Å². The van der Waals surface area contributed by atoms with Crippen LogP contribution in [0.4, 0.5) is 0 Å². The van der Waals surface area contributed by atoms with Crippen molar-refractivity contribution in [2.24, 2.45) is 35.0 Å². The van der Waals surface area contributed by atoms with Crippen molar-refractivity contribution >= 4 is 0 Å². The Bertz CT molecular complexity index is 651. The molecule has 0 unspecified atom stereocenters. The van der Waals surface area contributed by atoms with E-state index < -0.39 is 0 Å². The first-order chi connectivity index (χ1) is 13.7. The molecule has 0 saturated heterocycles. The van der Waals surface area contributed by atoms with E-state index in [1.807, 2.05) is 0 Å². The van der Waals surface area contributed by atoms with Crippen LogP contribution in [0.15, 0.2) is 34.9 Å². The molecule has 1 heteroatoms. The largest absolute Gasteiger partial charge is 0.393 e. The van der Waals surface area contributed by atoms with Crippen LogP contribution in [0.25, 0.3) is 0 Å². The van der Waals surface area contributed by atoms with Crippen LogP contribution in [0.1, 0.15) is 99.3 Å². The lowest BCUT2D eigenvalue weighted by Crippen LogP contribution is -2.35. The van der Waals surface area contributed by atoms with Gasteiger partial charge in [-0.05, 0) is 99.7 Å². The highest BCUT2D eigenvalue weighted by Gasteiger charge is 2.50. The summed E-state index contributed by atoms with van der Waals surface area (Å²) in [6, 6.07) is 0. The quantitative estimate of drug-likeness (QED) is 0.451. The predicted molar refractivity (Wildman–Crippen MR) is 126 cm³/mol. The minimum Gasteiger partial charge on any atom is -0.393 e. The van der Waals surface area contributed by atoms with E-state index in [-0.39, 0.29) is 6.10 Å². The first kappa shape index (κ1) is 22.9. The van der Waals surface area contributed by atoms with E-state index in [4.69, 9.17) is 0 Å². The number of hydrogen-bond acceptors (Lipinski definition) is 1. The molecule has 0 aromatic heterocycles. The highest BCUT2D eigenvalue weighted by Crippen LogP contribution is 2.59. The fourth-order valence-corrected chi connectivity index (χ4v) is 6.53. The third-order valence-electron chi connectivity index (χ3n) is 8.99. The number of aliphatic hydroxyl groups excluding tert-OH is 1. The van der Waals surface area contributed by atoms with Gasteiger partial charge in [0.2, 0.25) is 0 Å². The highest BCUT2D eigenvalue weighted by atomic mass is 16.3. The summed E-state index contributed by atoms with van der Waals surface area (Å²) >= 11 is 0. The average Bonchev–Trinajstić information content (AvgIpc) is 3.04. The van der Waals surface area contributed by atoms with Crippen molar-refractivity contribution < 1.29 is 5.11 Å². The summed E-state index contributed by atoms with van der Waals surface area (Å²) in [4.78, 5) is 0. The van der Waals surface area contributed by atoms with E-state index in [0.29, 0.717) is 17.3 Å². The topological polar surface area (TPSA) is 20.2 Å². The van der Waals surface area contributed by atoms with E-state index in [2.05, 4.69) is 59.8 Å². The first-order valence-electron chi connectivity index (χ1n) is 12.4. The van der Waals surface area contributed by atoms with E-state index in [0.717, 1.165) is 43.4 Å². The molecule has 1 N–H and O–H groups in total. The van der Waals surface area contributed by atoms with Gasteiger partial charge in [-0.3, -0.25) is 0 Å². The molecular weight excluding hydrogens is 352 g/mol. The maximum Gasteiger partial charge on any atom is 0.0580 e. The van der Waals surface area contributed by atoms with Crippen molar-refractivity contribution in [1.82, 2.24) is 0 Å². The lowest BCUT2D eigenvalue weighted by molar-refractivity contribution is 0.111. The normalized spacial score (nSPS) is 36.8. The number of allylic oxidation sites excluding steroid dienone is 5. The van der Waals surface area contributed by atoms with Gasteiger partial charge in [-0.15, -0.1) is 0 Å². The minimum absolute atomic E-state index is 0.111. The fraction of sp³-hybridized carbons (Fsp3) is 0.786. The summed E-state index contributed by atoms with van der Waals surface area (Å²) in [6.45, 7) is 14.4. The molecule has 6 atom stereocenters. The zero-order valence-corrected chi connectivity index (χ0v) is 20.0. The van der Waals surface area contributed by atoms with Gasteiger partial charge in [0.05, 0.1) is 6.10 Å². The maximum atomic E-state index is 10.1. The van der Waals surface area contributed by atoms with Gasteiger partial charge in [0, 0.05) is 0 Å². The van der Waals surface area contributed by atoms with Gasteiger partial charge in [-0.25, -0.2) is 0 Å². The Kier molecular flexibility index (Phi) is 7.52. The Morgan fingerprint density at radius 2 is 1.83 bits per heavy atom. The molecule has 0 spiro atoms. The monoisotopic (exact) mass is 398 g/mol. The summed E-state index contributed by atoms with van der Waals surface area (Å²) in [5, 5.41) is 10.1. The standard InChI is InChI=1S/C28H46O/c1-19(2)20(3)9-10-22(5)26-15-16-27-23(8-7-17-28(26,27)6)12-13-24-18-25(29)14-11-21(24)4/h9-10,12,19-20,22,25-27,29H,7-8,11,13-18H2,1-6H3/b10-9+,23-12?/t20-,22+,25-,26+,27-,28+/m0/s1. The number of rotatable bonds is 6. The number of hydrogen-bond donors (Lipinski definition) is 1. The summed E-state index contributed by atoms with van der Waals surface area (Å²) in [7, 11) is 0. The summed E-state index contributed by atoms with van der Waals surface area (Å²) in [6.07, 6.45) is 18.3. The number of fused-ring (bicyclic) bond motifs is 1. The zero-order valence-electron chi connectivity index (χ0n) is 20.0. The van der Waals surface area contributed by atoms with Crippen molar-refractivity contribution in [2.45, 2.75) is 105 Å². The average molecular weight is 399 g/mol. The Morgan fingerprint density at radius 3 is 2.55 bits per heavy atom.